The summed E-state index contributed by atoms with van der Waals surface area (Å²) in [7, 11) is 0. The summed E-state index contributed by atoms with van der Waals surface area (Å²) < 4.78 is 0. The summed E-state index contributed by atoms with van der Waals surface area (Å²) >= 11 is 0. The minimum Gasteiger partial charge on any atom is -0.508 e. The molecule has 0 spiro atoms. The normalized spacial score (nSPS) is 7.83. The summed E-state index contributed by atoms with van der Waals surface area (Å²) in [6.45, 7) is 0. The highest BCUT2D eigenvalue weighted by Gasteiger charge is 1.98. The summed E-state index contributed by atoms with van der Waals surface area (Å²) in [5, 5.41) is 29.7. The van der Waals surface area contributed by atoms with E-state index in [1.54, 1.807) is 0 Å². The smallest absolute Gasteiger partial charge is 0.153 e. The number of benzene rings is 1. The van der Waals surface area contributed by atoms with Crippen molar-refractivity contribution in [3.63, 3.8) is 0 Å². The Hall–Kier alpha value is -2.09. The van der Waals surface area contributed by atoms with Crippen molar-refractivity contribution in [1.29, 1.82) is 10.8 Å². The van der Waals surface area contributed by atoms with E-state index < -0.39 is 0 Å². The van der Waals surface area contributed by atoms with Crippen LogP contribution < -0.4 is 0 Å². The zero-order valence-electron chi connectivity index (χ0n) is 6.01. The van der Waals surface area contributed by atoms with E-state index >= 15 is 0 Å². The van der Waals surface area contributed by atoms with Gasteiger partial charge in [0.2, 0.25) is 0 Å². The molecule has 0 aliphatic heterocycles. The van der Waals surface area contributed by atoms with Crippen molar-refractivity contribution < 1.29 is 15.0 Å². The lowest BCUT2D eigenvalue weighted by molar-refractivity contribution is 0.112. The second kappa shape index (κ2) is 4.68. The zero-order valence-corrected chi connectivity index (χ0v) is 6.01. The van der Waals surface area contributed by atoms with Crippen LogP contribution in [0.25, 0.3) is 0 Å². The number of phenolic OH excluding ortho intramolecular Hbond substituents is 2. The summed E-state index contributed by atoms with van der Waals surface area (Å²) in [5.41, 5.74) is 0.0972. The third kappa shape index (κ3) is 2.27. The van der Waals surface area contributed by atoms with Crippen LogP contribution in [-0.4, -0.2) is 16.5 Å². The molecule has 1 aromatic rings. The van der Waals surface area contributed by atoms with Crippen LogP contribution >= 0.6 is 0 Å². The molecule has 0 aliphatic carbocycles. The highest BCUT2D eigenvalue weighted by atomic mass is 16.3. The summed E-state index contributed by atoms with van der Waals surface area (Å²) in [5.74, 6) is -0.146. The molecule has 0 radical (unpaired) electrons. The molecule has 62 valence electrons. The monoisotopic (exact) mass is 166 g/mol. The number of hydrogen-bond donors (Lipinski definition) is 2. The number of carbonyl (C=O) groups is 1. The van der Waals surface area contributed by atoms with Gasteiger partial charge < -0.3 is 10.2 Å². The molecule has 5 heteroatoms. The first-order valence-corrected chi connectivity index (χ1v) is 2.91. The third-order valence-electron chi connectivity index (χ3n) is 1.14. The first-order valence-electron chi connectivity index (χ1n) is 2.91. The van der Waals surface area contributed by atoms with Crippen molar-refractivity contribution >= 4 is 6.29 Å². The molecule has 0 aromatic heterocycles. The number of aldehydes is 1. The summed E-state index contributed by atoms with van der Waals surface area (Å²) in [4.78, 5) is 10.1. The van der Waals surface area contributed by atoms with Gasteiger partial charge in [-0.15, -0.1) is 0 Å². The lowest BCUT2D eigenvalue weighted by Crippen LogP contribution is -1.78. The van der Waals surface area contributed by atoms with Crippen molar-refractivity contribution in [2.24, 2.45) is 0 Å². The molecular formula is C7H6N2O3. The van der Waals surface area contributed by atoms with E-state index in [1.807, 2.05) is 0 Å². The number of carbonyl (C=O) groups excluding carboxylic acids is 1. The fraction of sp³-hybridized carbons (Fsp3) is 0. The molecule has 0 fully saturated rings. The van der Waals surface area contributed by atoms with Gasteiger partial charge in [-0.3, -0.25) is 4.79 Å². The predicted octanol–water partition coefficient (Wildman–Crippen LogP) is 0.940. The van der Waals surface area contributed by atoms with Gasteiger partial charge in [-0.25, -0.2) is 0 Å². The largest absolute Gasteiger partial charge is 0.508 e. The van der Waals surface area contributed by atoms with Crippen LogP contribution in [0, 0.1) is 10.8 Å². The molecule has 0 saturated heterocycles. The summed E-state index contributed by atoms with van der Waals surface area (Å²) in [6.07, 6.45) is 0.481. The van der Waals surface area contributed by atoms with Crippen molar-refractivity contribution in [3.8, 4) is 11.5 Å². The molecule has 0 atom stereocenters. The Labute approximate surface area is 68.3 Å². The van der Waals surface area contributed by atoms with Crippen molar-refractivity contribution in [2.45, 2.75) is 0 Å². The molecule has 5 nitrogen and oxygen atoms in total. The van der Waals surface area contributed by atoms with Gasteiger partial charge in [0.1, 0.15) is 11.5 Å². The Bertz CT molecular complexity index is 296. The van der Waals surface area contributed by atoms with Crippen molar-refractivity contribution in [2.75, 3.05) is 0 Å². The van der Waals surface area contributed by atoms with Gasteiger partial charge in [-0.2, -0.15) is 0 Å². The Morgan fingerprint density at radius 1 is 1.25 bits per heavy atom. The van der Waals surface area contributed by atoms with Crippen molar-refractivity contribution in [3.05, 3.63) is 23.8 Å². The van der Waals surface area contributed by atoms with Gasteiger partial charge in [-0.05, 0) is 18.2 Å². The minimum absolute atomic E-state index is 0.0279. The van der Waals surface area contributed by atoms with Crippen LogP contribution in [0.2, 0.25) is 0 Å². The quantitative estimate of drug-likeness (QED) is 0.367. The van der Waals surface area contributed by atoms with Gasteiger partial charge in [0.15, 0.2) is 6.29 Å². The topological polar surface area (TPSA) is 105 Å². The van der Waals surface area contributed by atoms with Gasteiger partial charge in [-0.1, -0.05) is 0 Å². The second-order valence-electron chi connectivity index (χ2n) is 1.86. The highest BCUT2D eigenvalue weighted by molar-refractivity contribution is 5.79. The van der Waals surface area contributed by atoms with Crippen molar-refractivity contribution in [1.82, 2.24) is 0 Å². The number of rotatable bonds is 1. The van der Waals surface area contributed by atoms with E-state index in [4.69, 9.17) is 21.0 Å². The van der Waals surface area contributed by atoms with E-state index in [-0.39, 0.29) is 17.1 Å². The number of nitrogens with zero attached hydrogens (tertiary/aromatic N) is 2. The molecular weight excluding hydrogens is 160 g/mol. The van der Waals surface area contributed by atoms with Gasteiger partial charge in [0.25, 0.3) is 0 Å². The molecule has 0 amide bonds. The van der Waals surface area contributed by atoms with Crippen LogP contribution in [0.3, 0.4) is 0 Å². The van der Waals surface area contributed by atoms with Gasteiger partial charge >= 0.3 is 0 Å². The zero-order chi connectivity index (χ0) is 9.56. The maximum absolute atomic E-state index is 10.1. The first kappa shape index (κ1) is 9.91. The molecule has 0 heterocycles. The van der Waals surface area contributed by atoms with Gasteiger partial charge in [0, 0.05) is 10.8 Å². The standard InChI is InChI=1S/C7H6O3.N2/c8-4-5-3-6(9)1-2-7(5)10;1-2/h1-4,9-10H;. The Kier molecular flexibility index (Phi) is 3.87. The number of phenols is 2. The Morgan fingerprint density at radius 2 is 1.83 bits per heavy atom. The number of hydrogen-bond acceptors (Lipinski definition) is 5. The Morgan fingerprint density at radius 3 is 2.25 bits per heavy atom. The predicted molar refractivity (Wildman–Crippen MR) is 38.6 cm³/mol. The molecule has 0 unspecified atom stereocenters. The second-order valence-corrected chi connectivity index (χ2v) is 1.86. The highest BCUT2D eigenvalue weighted by Crippen LogP contribution is 2.19. The first-order chi connectivity index (χ1) is 5.74. The fourth-order valence-electron chi connectivity index (χ4n) is 0.636. The van der Waals surface area contributed by atoms with Crippen LogP contribution in [-0.2, 0) is 0 Å². The summed E-state index contributed by atoms with van der Waals surface area (Å²) in [6, 6.07) is 3.77. The average molecular weight is 166 g/mol. The maximum atomic E-state index is 10.1. The number of aromatic hydroxyl groups is 2. The van der Waals surface area contributed by atoms with E-state index in [2.05, 4.69) is 0 Å². The van der Waals surface area contributed by atoms with E-state index in [0.29, 0.717) is 6.29 Å². The minimum atomic E-state index is -0.118. The molecule has 0 saturated carbocycles. The third-order valence-corrected chi connectivity index (χ3v) is 1.14. The maximum Gasteiger partial charge on any atom is 0.153 e. The van der Waals surface area contributed by atoms with Gasteiger partial charge in [0.05, 0.1) is 5.56 Å². The SMILES string of the molecule is N#N.O=Cc1cc(O)ccc1O. The lowest BCUT2D eigenvalue weighted by Gasteiger charge is -1.95. The van der Waals surface area contributed by atoms with E-state index in [9.17, 15) is 4.79 Å². The van der Waals surface area contributed by atoms with Crippen LogP contribution in [0.15, 0.2) is 18.2 Å². The molecule has 12 heavy (non-hydrogen) atoms. The van der Waals surface area contributed by atoms with Crippen LogP contribution in [0.5, 0.6) is 11.5 Å². The average Bonchev–Trinajstić information content (AvgIpc) is 2.13. The van der Waals surface area contributed by atoms with E-state index in [1.165, 1.54) is 18.2 Å². The van der Waals surface area contributed by atoms with Crippen LogP contribution in [0.4, 0.5) is 0 Å². The molecule has 1 rings (SSSR count). The van der Waals surface area contributed by atoms with E-state index in [0.717, 1.165) is 0 Å². The molecule has 2 N–H and O–H groups in total. The Balaban J connectivity index is 0.000000561. The molecule has 1 aromatic carbocycles. The van der Waals surface area contributed by atoms with Crippen LogP contribution in [0.1, 0.15) is 10.4 Å². The lowest BCUT2D eigenvalue weighted by atomic mass is 10.2. The molecule has 0 bridgehead atoms. The molecule has 0 aliphatic rings. The fourth-order valence-corrected chi connectivity index (χ4v) is 0.636.